The van der Waals surface area contributed by atoms with Gasteiger partial charge in [-0.3, -0.25) is 0 Å². The number of hydrogen-bond donors (Lipinski definition) is 1. The van der Waals surface area contributed by atoms with Crippen molar-refractivity contribution in [2.45, 2.75) is 0 Å². The normalized spacial score (nSPS) is 10.3. The minimum Gasteiger partial charge on any atom is -0.351 e. The quantitative estimate of drug-likeness (QED) is 0.894. The van der Waals surface area contributed by atoms with Crippen LogP contribution in [-0.4, -0.2) is 10.2 Å². The largest absolute Gasteiger partial charge is 0.351 e. The molecule has 0 aliphatic carbocycles. The predicted octanol–water partition coefficient (Wildman–Crippen LogP) is 4.24. The maximum atomic E-state index is 5.93. The van der Waals surface area contributed by atoms with Crippen LogP contribution in [0.2, 0.25) is 14.6 Å². The molecule has 0 spiro atoms. The highest BCUT2D eigenvalue weighted by Gasteiger charge is 2.07. The summed E-state index contributed by atoms with van der Waals surface area (Å²) in [5.41, 5.74) is 1.35. The molecule has 15 heavy (non-hydrogen) atoms. The van der Waals surface area contributed by atoms with Gasteiger partial charge < -0.3 is 5.32 Å². The number of nitrogens with one attached hydrogen (secondary N) is 1. The Hall–Kier alpha value is -0.550. The van der Waals surface area contributed by atoms with Gasteiger partial charge in [-0.25, -0.2) is 0 Å². The van der Waals surface area contributed by atoms with Crippen LogP contribution in [-0.2, 0) is 0 Å². The van der Waals surface area contributed by atoms with E-state index in [0.29, 0.717) is 10.0 Å². The summed E-state index contributed by atoms with van der Waals surface area (Å²) in [5.74, 6) is 0. The molecular formula is C8H4Cl3N3S. The highest BCUT2D eigenvalue weighted by Crippen LogP contribution is 2.32. The summed E-state index contributed by atoms with van der Waals surface area (Å²) in [4.78, 5) is 0. The predicted molar refractivity (Wildman–Crippen MR) is 64.7 cm³/mol. The maximum Gasteiger partial charge on any atom is 0.175 e. The van der Waals surface area contributed by atoms with Gasteiger partial charge in [0.1, 0.15) is 4.34 Å². The van der Waals surface area contributed by atoms with Gasteiger partial charge in [0.25, 0.3) is 0 Å². The van der Waals surface area contributed by atoms with E-state index >= 15 is 0 Å². The van der Waals surface area contributed by atoms with Crippen molar-refractivity contribution in [3.8, 4) is 0 Å². The number of hydrogen-bond acceptors (Lipinski definition) is 4. The molecule has 0 bridgehead atoms. The molecule has 2 aromatic rings. The number of nitrogens with zero attached hydrogens (tertiary/aromatic N) is 2. The number of aromatic nitrogens is 2. The molecule has 0 amide bonds. The summed E-state index contributed by atoms with van der Waals surface area (Å²) >= 11 is 18.9. The van der Waals surface area contributed by atoms with Crippen molar-refractivity contribution in [2.24, 2.45) is 0 Å². The Morgan fingerprint density at radius 3 is 2.60 bits per heavy atom. The second-order valence-electron chi connectivity index (χ2n) is 2.60. The van der Waals surface area contributed by atoms with E-state index in [-0.39, 0.29) is 10.3 Å². The molecule has 2 rings (SSSR count). The molecule has 0 aliphatic heterocycles. The van der Waals surface area contributed by atoms with E-state index in [0.717, 1.165) is 5.69 Å². The van der Waals surface area contributed by atoms with Gasteiger partial charge >= 0.3 is 0 Å². The zero-order valence-corrected chi connectivity index (χ0v) is 10.3. The van der Waals surface area contributed by atoms with E-state index in [1.807, 2.05) is 11.4 Å². The van der Waals surface area contributed by atoms with Crippen LogP contribution < -0.4 is 5.32 Å². The maximum absolute atomic E-state index is 5.93. The standard InChI is InChI=1S/C8H4Cl3N3S/c9-6-3-5(7(10)14-13-6)12-4-1-2-15-8(4)11/h1-3H,(H,12,13). The first kappa shape index (κ1) is 11.0. The van der Waals surface area contributed by atoms with Crippen LogP contribution in [0.4, 0.5) is 11.4 Å². The van der Waals surface area contributed by atoms with Crippen LogP contribution >= 0.6 is 46.1 Å². The molecule has 2 aromatic heterocycles. The van der Waals surface area contributed by atoms with Crippen LogP contribution in [0.5, 0.6) is 0 Å². The zero-order chi connectivity index (χ0) is 10.8. The molecule has 0 aromatic carbocycles. The second-order valence-corrected chi connectivity index (χ2v) is 4.87. The Morgan fingerprint density at radius 2 is 1.93 bits per heavy atom. The van der Waals surface area contributed by atoms with E-state index in [1.165, 1.54) is 11.3 Å². The molecule has 1 N–H and O–H groups in total. The Bertz CT molecular complexity index is 486. The van der Waals surface area contributed by atoms with E-state index in [1.54, 1.807) is 6.07 Å². The zero-order valence-electron chi connectivity index (χ0n) is 7.17. The van der Waals surface area contributed by atoms with E-state index in [4.69, 9.17) is 34.8 Å². The Morgan fingerprint density at radius 1 is 1.13 bits per heavy atom. The fraction of sp³-hybridized carbons (Fsp3) is 0. The lowest BCUT2D eigenvalue weighted by atomic mass is 10.4. The van der Waals surface area contributed by atoms with E-state index in [2.05, 4.69) is 15.5 Å². The summed E-state index contributed by atoms with van der Waals surface area (Å²) in [6, 6.07) is 3.43. The molecule has 3 nitrogen and oxygen atoms in total. The molecule has 0 atom stereocenters. The summed E-state index contributed by atoms with van der Waals surface area (Å²) < 4.78 is 0.652. The molecule has 7 heteroatoms. The lowest BCUT2D eigenvalue weighted by Crippen LogP contribution is -1.93. The third-order valence-electron chi connectivity index (χ3n) is 1.61. The van der Waals surface area contributed by atoms with Crippen molar-refractivity contribution in [3.63, 3.8) is 0 Å². The monoisotopic (exact) mass is 279 g/mol. The van der Waals surface area contributed by atoms with Gasteiger partial charge in [-0.05, 0) is 11.4 Å². The van der Waals surface area contributed by atoms with Crippen LogP contribution in [0.1, 0.15) is 0 Å². The highest BCUT2D eigenvalue weighted by atomic mass is 35.5. The van der Waals surface area contributed by atoms with E-state index < -0.39 is 0 Å². The first-order valence-corrected chi connectivity index (χ1v) is 5.87. The molecule has 0 fully saturated rings. The van der Waals surface area contributed by atoms with Gasteiger partial charge in [-0.1, -0.05) is 34.8 Å². The molecular weight excluding hydrogens is 277 g/mol. The molecule has 0 saturated heterocycles. The highest BCUT2D eigenvalue weighted by molar-refractivity contribution is 7.15. The SMILES string of the molecule is Clc1cc(Nc2ccsc2Cl)c(Cl)nn1. The summed E-state index contributed by atoms with van der Waals surface area (Å²) in [6.07, 6.45) is 0. The average molecular weight is 281 g/mol. The van der Waals surface area contributed by atoms with Crippen LogP contribution in [0.3, 0.4) is 0 Å². The van der Waals surface area contributed by atoms with Crippen molar-refractivity contribution in [3.05, 3.63) is 32.2 Å². The number of thiophene rings is 1. The topological polar surface area (TPSA) is 37.8 Å². The van der Waals surface area contributed by atoms with Gasteiger partial charge in [0, 0.05) is 6.07 Å². The minimum absolute atomic E-state index is 0.252. The molecule has 0 saturated carbocycles. The lowest BCUT2D eigenvalue weighted by molar-refractivity contribution is 1.03. The van der Waals surface area contributed by atoms with Crippen molar-refractivity contribution < 1.29 is 0 Å². The van der Waals surface area contributed by atoms with Gasteiger partial charge in [-0.15, -0.1) is 21.5 Å². The van der Waals surface area contributed by atoms with Crippen molar-refractivity contribution >= 4 is 57.5 Å². The van der Waals surface area contributed by atoms with Crippen LogP contribution in [0, 0.1) is 0 Å². The number of halogens is 3. The third-order valence-corrected chi connectivity index (χ3v) is 3.24. The first-order valence-electron chi connectivity index (χ1n) is 3.85. The van der Waals surface area contributed by atoms with Crippen LogP contribution in [0.15, 0.2) is 17.5 Å². The summed E-state index contributed by atoms with van der Waals surface area (Å²) in [5, 5.41) is 12.7. The summed E-state index contributed by atoms with van der Waals surface area (Å²) in [6.45, 7) is 0. The van der Waals surface area contributed by atoms with Crippen LogP contribution in [0.25, 0.3) is 0 Å². The van der Waals surface area contributed by atoms with Gasteiger partial charge in [0.05, 0.1) is 11.4 Å². The van der Waals surface area contributed by atoms with E-state index in [9.17, 15) is 0 Å². The Labute approximate surface area is 105 Å². The van der Waals surface area contributed by atoms with Crippen molar-refractivity contribution in [1.82, 2.24) is 10.2 Å². The molecule has 0 aliphatic rings. The van der Waals surface area contributed by atoms with Gasteiger partial charge in [-0.2, -0.15) is 0 Å². The summed E-state index contributed by atoms with van der Waals surface area (Å²) in [7, 11) is 0. The van der Waals surface area contributed by atoms with Crippen molar-refractivity contribution in [1.29, 1.82) is 0 Å². The Balaban J connectivity index is 2.32. The number of anilines is 2. The second kappa shape index (κ2) is 4.53. The molecule has 78 valence electrons. The van der Waals surface area contributed by atoms with Crippen molar-refractivity contribution in [2.75, 3.05) is 5.32 Å². The molecule has 0 unspecified atom stereocenters. The fourth-order valence-electron chi connectivity index (χ4n) is 0.967. The molecule has 0 radical (unpaired) electrons. The minimum atomic E-state index is 0.252. The fourth-order valence-corrected chi connectivity index (χ4v) is 2.09. The number of rotatable bonds is 2. The smallest absolute Gasteiger partial charge is 0.175 e. The van der Waals surface area contributed by atoms with Gasteiger partial charge in [0.15, 0.2) is 10.3 Å². The lowest BCUT2D eigenvalue weighted by Gasteiger charge is -2.05. The molecule has 2 heterocycles. The average Bonchev–Trinajstić information content (AvgIpc) is 2.58. The van der Waals surface area contributed by atoms with Gasteiger partial charge in [0.2, 0.25) is 0 Å². The first-order chi connectivity index (χ1) is 7.16. The Kier molecular flexibility index (Phi) is 3.31. The third kappa shape index (κ3) is 2.52.